The van der Waals surface area contributed by atoms with E-state index in [1.807, 2.05) is 0 Å². The van der Waals surface area contributed by atoms with Gasteiger partial charge >= 0.3 is 11.9 Å². The zero-order valence-corrected chi connectivity index (χ0v) is 19.8. The molecule has 35 heavy (non-hydrogen) atoms. The summed E-state index contributed by atoms with van der Waals surface area (Å²) in [5.74, 6) is -2.75. The largest absolute Gasteiger partial charge is 0.477 e. The summed E-state index contributed by atoms with van der Waals surface area (Å²) >= 11 is 2.25. The molecular formula is C21H19N5O7S2. The molecule has 4 rings (SSSR count). The molecule has 0 aliphatic carbocycles. The molecule has 1 unspecified atom stereocenters. The van der Waals surface area contributed by atoms with Crippen LogP contribution in [0, 0.1) is 0 Å². The molecule has 3 heterocycles. The van der Waals surface area contributed by atoms with E-state index < -0.39 is 35.2 Å². The highest BCUT2D eigenvalue weighted by Crippen LogP contribution is 2.43. The number of nitrogens with one attached hydrogen (secondary N) is 1. The predicted molar refractivity (Wildman–Crippen MR) is 126 cm³/mol. The van der Waals surface area contributed by atoms with Gasteiger partial charge in [0.1, 0.15) is 23.4 Å². The first kappa shape index (κ1) is 24.2. The molecule has 2 aliphatic rings. The van der Waals surface area contributed by atoms with Crippen LogP contribution in [0.1, 0.15) is 19.0 Å². The Labute approximate surface area is 206 Å². The monoisotopic (exact) mass is 517 g/mol. The van der Waals surface area contributed by atoms with Gasteiger partial charge in [-0.25, -0.2) is 9.78 Å². The van der Waals surface area contributed by atoms with Crippen LogP contribution in [0.3, 0.4) is 0 Å². The van der Waals surface area contributed by atoms with Gasteiger partial charge in [-0.1, -0.05) is 23.4 Å². The van der Waals surface area contributed by atoms with Crippen LogP contribution < -0.4 is 15.9 Å². The van der Waals surface area contributed by atoms with Crippen molar-refractivity contribution in [1.29, 1.82) is 0 Å². The Morgan fingerprint density at radius 3 is 2.66 bits per heavy atom. The number of aliphatic carboxylic acids is 1. The van der Waals surface area contributed by atoms with Crippen LogP contribution in [0.4, 0.5) is 5.13 Å². The number of nitrogen functional groups attached to an aromatic ring is 1. The maximum atomic E-state index is 13.3. The lowest BCUT2D eigenvalue weighted by Gasteiger charge is -2.46. The third kappa shape index (κ3) is 5.27. The number of benzene rings is 1. The number of esters is 1. The highest BCUT2D eigenvalue weighted by atomic mass is 32.2. The average Bonchev–Trinajstić information content (AvgIpc) is 3.23. The van der Waals surface area contributed by atoms with Gasteiger partial charge in [-0.2, -0.15) is 0 Å². The average molecular weight is 518 g/mol. The van der Waals surface area contributed by atoms with E-state index in [-0.39, 0.29) is 40.1 Å². The SMILES string of the molecule is CC(=O)OCC1=C(C(=O)O)N2C(=O)C[C@H]2SC1NC(=O)C(=NOc1ccccc1)c1csc(N)n1. The molecule has 12 nitrogen and oxygen atoms in total. The van der Waals surface area contributed by atoms with Gasteiger partial charge in [-0.3, -0.25) is 19.3 Å². The Morgan fingerprint density at radius 2 is 2.06 bits per heavy atom. The van der Waals surface area contributed by atoms with E-state index in [1.165, 1.54) is 12.3 Å². The zero-order valence-electron chi connectivity index (χ0n) is 18.2. The minimum atomic E-state index is -1.38. The number of carboxylic acids is 1. The first-order chi connectivity index (χ1) is 16.7. The number of hydrogen-bond donors (Lipinski definition) is 3. The summed E-state index contributed by atoms with van der Waals surface area (Å²) in [7, 11) is 0. The van der Waals surface area contributed by atoms with Crippen molar-refractivity contribution in [3.05, 3.63) is 52.7 Å². The van der Waals surface area contributed by atoms with Crippen LogP contribution >= 0.6 is 23.1 Å². The van der Waals surface area contributed by atoms with Crippen LogP contribution in [0.25, 0.3) is 0 Å². The fraction of sp³-hybridized carbons (Fsp3) is 0.238. The number of para-hydroxylation sites is 1. The number of nitrogens with two attached hydrogens (primary N) is 1. The molecule has 4 N–H and O–H groups in total. The minimum Gasteiger partial charge on any atom is -0.477 e. The summed E-state index contributed by atoms with van der Waals surface area (Å²) in [4.78, 5) is 59.4. The van der Waals surface area contributed by atoms with Crippen LogP contribution in [-0.4, -0.2) is 61.8 Å². The molecule has 2 atom stereocenters. The second-order valence-electron chi connectivity index (χ2n) is 7.29. The van der Waals surface area contributed by atoms with E-state index in [1.54, 1.807) is 30.3 Å². The molecule has 0 bridgehead atoms. The first-order valence-corrected chi connectivity index (χ1v) is 12.0. The topological polar surface area (TPSA) is 174 Å². The van der Waals surface area contributed by atoms with Gasteiger partial charge in [0.05, 0.1) is 11.8 Å². The van der Waals surface area contributed by atoms with Crippen molar-refractivity contribution in [3.63, 3.8) is 0 Å². The second kappa shape index (κ2) is 10.1. The number of ether oxygens (including phenoxy) is 1. The molecule has 1 saturated heterocycles. The van der Waals surface area contributed by atoms with Gasteiger partial charge < -0.3 is 25.7 Å². The van der Waals surface area contributed by atoms with Gasteiger partial charge in [0.25, 0.3) is 5.91 Å². The van der Waals surface area contributed by atoms with Gasteiger partial charge in [0.15, 0.2) is 16.6 Å². The number of carbonyl (C=O) groups excluding carboxylic acids is 3. The number of carboxylic acid groups (broad SMARTS) is 1. The number of thiazole rings is 1. The summed E-state index contributed by atoms with van der Waals surface area (Å²) in [5.41, 5.74) is 5.41. The lowest BCUT2D eigenvalue weighted by molar-refractivity contribution is -0.146. The zero-order chi connectivity index (χ0) is 25.1. The fourth-order valence-corrected chi connectivity index (χ4v) is 5.30. The van der Waals surface area contributed by atoms with Crippen molar-refractivity contribution in [2.75, 3.05) is 12.3 Å². The number of β-lactam (4-membered cyclic amide) rings is 1. The molecule has 0 spiro atoms. The number of hydrogen-bond acceptors (Lipinski definition) is 11. The van der Waals surface area contributed by atoms with Crippen molar-refractivity contribution in [2.24, 2.45) is 5.16 Å². The van der Waals surface area contributed by atoms with Crippen LogP contribution in [0.2, 0.25) is 0 Å². The van der Waals surface area contributed by atoms with E-state index >= 15 is 0 Å². The third-order valence-electron chi connectivity index (χ3n) is 4.92. The first-order valence-electron chi connectivity index (χ1n) is 10.1. The van der Waals surface area contributed by atoms with Gasteiger partial charge in [-0.05, 0) is 12.1 Å². The van der Waals surface area contributed by atoms with E-state index in [0.29, 0.717) is 5.75 Å². The van der Waals surface area contributed by atoms with Crippen molar-refractivity contribution in [1.82, 2.24) is 15.2 Å². The molecular weight excluding hydrogens is 498 g/mol. The molecule has 0 saturated carbocycles. The molecule has 1 aromatic heterocycles. The highest BCUT2D eigenvalue weighted by Gasteiger charge is 2.49. The Morgan fingerprint density at radius 1 is 1.31 bits per heavy atom. The maximum absolute atomic E-state index is 13.3. The predicted octanol–water partition coefficient (Wildman–Crippen LogP) is 1.16. The van der Waals surface area contributed by atoms with E-state index in [2.05, 4.69) is 15.5 Å². The summed E-state index contributed by atoms with van der Waals surface area (Å²) in [6.45, 7) is 0.739. The minimum absolute atomic E-state index is 0.0523. The van der Waals surface area contributed by atoms with E-state index in [9.17, 15) is 24.3 Å². The number of oxime groups is 1. The molecule has 2 aromatic rings. The number of thioether (sulfide) groups is 1. The molecule has 14 heteroatoms. The Kier molecular flexibility index (Phi) is 7.02. The molecule has 1 aromatic carbocycles. The van der Waals surface area contributed by atoms with E-state index in [4.69, 9.17) is 15.3 Å². The molecule has 0 radical (unpaired) electrons. The quantitative estimate of drug-likeness (QED) is 0.199. The smallest absolute Gasteiger partial charge is 0.352 e. The summed E-state index contributed by atoms with van der Waals surface area (Å²) in [6, 6.07) is 8.54. The van der Waals surface area contributed by atoms with Gasteiger partial charge in [0, 0.05) is 17.9 Å². The normalized spacial score (nSPS) is 19.5. The summed E-state index contributed by atoms with van der Waals surface area (Å²) < 4.78 is 5.03. The van der Waals surface area contributed by atoms with Crippen LogP contribution in [0.15, 0.2) is 52.1 Å². The maximum Gasteiger partial charge on any atom is 0.352 e. The van der Waals surface area contributed by atoms with Gasteiger partial charge in [0.2, 0.25) is 5.91 Å². The van der Waals surface area contributed by atoms with Crippen molar-refractivity contribution < 1.29 is 33.9 Å². The van der Waals surface area contributed by atoms with E-state index in [0.717, 1.165) is 28.0 Å². The number of anilines is 1. The number of fused-ring (bicyclic) bond motifs is 1. The number of nitrogens with zero attached hydrogens (tertiary/aromatic N) is 3. The molecule has 2 amide bonds. The number of carbonyl (C=O) groups is 4. The van der Waals surface area contributed by atoms with Crippen molar-refractivity contribution in [2.45, 2.75) is 24.1 Å². The Hall–Kier alpha value is -3.91. The number of rotatable bonds is 8. The Bertz CT molecular complexity index is 1240. The van der Waals surface area contributed by atoms with Crippen molar-refractivity contribution in [3.8, 4) is 5.75 Å². The fourth-order valence-electron chi connectivity index (χ4n) is 3.34. The van der Waals surface area contributed by atoms with Crippen LogP contribution in [-0.2, 0) is 23.9 Å². The lowest BCUT2D eigenvalue weighted by atomic mass is 10.1. The lowest BCUT2D eigenvalue weighted by Crippen LogP contribution is -2.58. The summed E-state index contributed by atoms with van der Waals surface area (Å²) in [6.07, 6.45) is 0.106. The Balaban J connectivity index is 1.65. The van der Waals surface area contributed by atoms with Gasteiger partial charge in [-0.15, -0.1) is 23.1 Å². The molecule has 1 fully saturated rings. The standard InChI is InChI=1S/C21H19N5O7S2/c1-10(27)32-8-12-17(20(30)31)26-14(28)7-15(26)35-19(12)24-18(29)16(13-9-34-21(22)23-13)25-33-11-5-3-2-4-6-11/h2-6,9,15,19H,7-8H2,1H3,(H2,22,23)(H,24,29)(H,30,31)/t15-,19?/m1/s1. The summed E-state index contributed by atoms with van der Waals surface area (Å²) in [5, 5.41) is 16.8. The van der Waals surface area contributed by atoms with Crippen molar-refractivity contribution >= 4 is 57.7 Å². The number of amides is 2. The molecule has 182 valence electrons. The second-order valence-corrected chi connectivity index (χ2v) is 9.46. The number of aromatic nitrogens is 1. The van der Waals surface area contributed by atoms with Crippen LogP contribution in [0.5, 0.6) is 5.75 Å². The highest BCUT2D eigenvalue weighted by molar-refractivity contribution is 8.00. The molecule has 2 aliphatic heterocycles. The third-order valence-corrected chi connectivity index (χ3v) is 6.96.